The van der Waals surface area contributed by atoms with Crippen LogP contribution in [0, 0.1) is 6.92 Å². The number of fused-ring (bicyclic) bond motifs is 1. The number of likely N-dealkylation sites (tertiary alicyclic amines) is 1. The quantitative estimate of drug-likeness (QED) is 0.180. The summed E-state index contributed by atoms with van der Waals surface area (Å²) in [5, 5.41) is 11.0. The average molecular weight is 624 g/mol. The van der Waals surface area contributed by atoms with Gasteiger partial charge < -0.3 is 25.0 Å². The minimum absolute atomic E-state index is 0.00259. The largest absolute Gasteiger partial charge is 0.444 e. The molecule has 0 spiro atoms. The summed E-state index contributed by atoms with van der Waals surface area (Å²) < 4.78 is 12.2. The van der Waals surface area contributed by atoms with Crippen LogP contribution >= 0.6 is 11.3 Å². The van der Waals surface area contributed by atoms with Gasteiger partial charge in [-0.3, -0.25) is 0 Å². The first kappa shape index (κ1) is 30.3. The molecule has 11 heteroatoms. The number of hydrogen-bond acceptors (Lipinski definition) is 10. The molecule has 1 fully saturated rings. The highest BCUT2D eigenvalue weighted by atomic mass is 32.1. The molecule has 1 aliphatic heterocycles. The molecule has 3 aromatic heterocycles. The standard InChI is InChI=1S/C34H37N7O3S/c1-22-12-13-25-26(9-5-11-28(25)37-18-24-20-45-21-38-24)30(22)43-31-27(10-6-15-35-31)29-14-16-36-32(40-29)39-23-8-7-17-41(19-23)33(42)44-34(2,3)4/h5-6,9-16,20-21,23,37H,7-8,17-19H2,1-4H3,(H,36,39,40)/t23-/m0/s1. The average Bonchev–Trinajstić information content (AvgIpc) is 3.55. The Morgan fingerprint density at radius 1 is 1.04 bits per heavy atom. The van der Waals surface area contributed by atoms with E-state index in [0.717, 1.165) is 51.9 Å². The third kappa shape index (κ3) is 7.31. The van der Waals surface area contributed by atoms with E-state index in [1.807, 2.05) is 62.9 Å². The lowest BCUT2D eigenvalue weighted by molar-refractivity contribution is 0.0206. The SMILES string of the molecule is Cc1ccc2c(NCc3cscn3)cccc2c1Oc1ncccc1-c1ccnc(N[C@H]2CCCN(C(=O)OC(C)(C)C)C2)n1. The molecule has 0 bridgehead atoms. The van der Waals surface area contributed by atoms with Crippen molar-refractivity contribution in [1.82, 2.24) is 24.8 Å². The second-order valence-electron chi connectivity index (χ2n) is 12.1. The van der Waals surface area contributed by atoms with Crippen LogP contribution in [0.2, 0.25) is 0 Å². The van der Waals surface area contributed by atoms with Gasteiger partial charge in [0.25, 0.3) is 0 Å². The molecular weight excluding hydrogens is 586 g/mol. The number of pyridine rings is 1. The maximum atomic E-state index is 12.7. The van der Waals surface area contributed by atoms with E-state index in [4.69, 9.17) is 14.5 Å². The second kappa shape index (κ2) is 13.1. The molecule has 0 unspecified atom stereocenters. The third-order valence-electron chi connectivity index (χ3n) is 7.46. The second-order valence-corrected chi connectivity index (χ2v) is 12.8. The molecule has 10 nitrogen and oxygen atoms in total. The predicted molar refractivity (Wildman–Crippen MR) is 178 cm³/mol. The van der Waals surface area contributed by atoms with Gasteiger partial charge in [0.15, 0.2) is 0 Å². The summed E-state index contributed by atoms with van der Waals surface area (Å²) >= 11 is 1.59. The molecule has 4 heterocycles. The van der Waals surface area contributed by atoms with E-state index >= 15 is 0 Å². The number of rotatable bonds is 8. The number of amides is 1. The van der Waals surface area contributed by atoms with Gasteiger partial charge >= 0.3 is 6.09 Å². The number of hydrogen-bond donors (Lipinski definition) is 2. The van der Waals surface area contributed by atoms with E-state index in [0.29, 0.717) is 37.2 Å². The van der Waals surface area contributed by atoms with Gasteiger partial charge in [-0.1, -0.05) is 24.3 Å². The van der Waals surface area contributed by atoms with Crippen molar-refractivity contribution in [3.63, 3.8) is 0 Å². The van der Waals surface area contributed by atoms with Crippen LogP contribution in [-0.2, 0) is 11.3 Å². The molecule has 2 N–H and O–H groups in total. The smallest absolute Gasteiger partial charge is 0.410 e. The number of ether oxygens (including phenoxy) is 2. The number of carbonyl (C=O) groups excluding carboxylic acids is 1. The maximum Gasteiger partial charge on any atom is 0.410 e. The number of nitrogens with zero attached hydrogens (tertiary/aromatic N) is 5. The van der Waals surface area contributed by atoms with Crippen molar-refractivity contribution in [3.8, 4) is 22.9 Å². The van der Waals surface area contributed by atoms with Gasteiger partial charge in [-0.15, -0.1) is 11.3 Å². The monoisotopic (exact) mass is 623 g/mol. The van der Waals surface area contributed by atoms with E-state index in [1.165, 1.54) is 0 Å². The Morgan fingerprint density at radius 3 is 2.76 bits per heavy atom. The van der Waals surface area contributed by atoms with Crippen molar-refractivity contribution in [2.24, 2.45) is 0 Å². The minimum atomic E-state index is -0.538. The van der Waals surface area contributed by atoms with Gasteiger partial charge in [0.2, 0.25) is 11.8 Å². The summed E-state index contributed by atoms with van der Waals surface area (Å²) in [6, 6.07) is 16.0. The lowest BCUT2D eigenvalue weighted by Gasteiger charge is -2.34. The molecule has 45 heavy (non-hydrogen) atoms. The molecule has 1 saturated heterocycles. The van der Waals surface area contributed by atoms with E-state index in [1.54, 1.807) is 28.6 Å². The van der Waals surface area contributed by atoms with Gasteiger partial charge in [-0.05, 0) is 70.4 Å². The topological polar surface area (TPSA) is 114 Å². The molecule has 6 rings (SSSR count). The zero-order valence-electron chi connectivity index (χ0n) is 25.9. The fraction of sp³-hybridized carbons (Fsp3) is 0.324. The number of benzene rings is 2. The molecule has 232 valence electrons. The van der Waals surface area contributed by atoms with E-state index in [9.17, 15) is 4.79 Å². The molecular formula is C34H37N7O3S. The van der Waals surface area contributed by atoms with Gasteiger partial charge in [-0.25, -0.2) is 24.7 Å². The molecule has 1 amide bonds. The normalized spacial score (nSPS) is 15.1. The Kier molecular flexibility index (Phi) is 8.79. The Labute approximate surface area is 266 Å². The fourth-order valence-corrected chi connectivity index (χ4v) is 5.91. The van der Waals surface area contributed by atoms with E-state index in [-0.39, 0.29) is 12.1 Å². The lowest BCUT2D eigenvalue weighted by Crippen LogP contribution is -2.47. The van der Waals surface area contributed by atoms with Crippen LogP contribution in [0.4, 0.5) is 16.4 Å². The summed E-state index contributed by atoms with van der Waals surface area (Å²) in [7, 11) is 0. The molecule has 1 aliphatic rings. The Bertz CT molecular complexity index is 1790. The number of aryl methyl sites for hydroxylation is 1. The summed E-state index contributed by atoms with van der Waals surface area (Å²) in [6.45, 7) is 9.49. The van der Waals surface area contributed by atoms with Crippen molar-refractivity contribution in [2.45, 2.75) is 58.7 Å². The first-order valence-corrected chi connectivity index (χ1v) is 16.0. The van der Waals surface area contributed by atoms with Crippen molar-refractivity contribution in [2.75, 3.05) is 23.7 Å². The fourth-order valence-electron chi connectivity index (χ4n) is 5.35. The van der Waals surface area contributed by atoms with Gasteiger partial charge in [-0.2, -0.15) is 0 Å². The summed E-state index contributed by atoms with van der Waals surface area (Å²) in [5.74, 6) is 1.67. The molecule has 0 saturated carbocycles. The number of piperidine rings is 1. The third-order valence-corrected chi connectivity index (χ3v) is 8.10. The number of thiazole rings is 1. The van der Waals surface area contributed by atoms with E-state index in [2.05, 4.69) is 49.9 Å². The van der Waals surface area contributed by atoms with Crippen molar-refractivity contribution in [3.05, 3.63) is 83.1 Å². The van der Waals surface area contributed by atoms with Crippen LogP contribution in [-0.4, -0.2) is 55.7 Å². The summed E-state index contributed by atoms with van der Waals surface area (Å²) in [4.78, 5) is 32.7. The summed E-state index contributed by atoms with van der Waals surface area (Å²) in [5.41, 5.74) is 5.73. The Hall–Kier alpha value is -4.77. The molecule has 1 atom stereocenters. The zero-order chi connectivity index (χ0) is 31.4. The number of anilines is 2. The Morgan fingerprint density at radius 2 is 1.93 bits per heavy atom. The highest BCUT2D eigenvalue weighted by molar-refractivity contribution is 7.07. The van der Waals surface area contributed by atoms with Crippen LogP contribution in [0.25, 0.3) is 22.0 Å². The van der Waals surface area contributed by atoms with Crippen molar-refractivity contribution in [1.29, 1.82) is 0 Å². The number of aromatic nitrogens is 4. The van der Waals surface area contributed by atoms with Crippen LogP contribution in [0.3, 0.4) is 0 Å². The number of nitrogens with one attached hydrogen (secondary N) is 2. The zero-order valence-corrected chi connectivity index (χ0v) is 26.7. The molecule has 0 aliphatic carbocycles. The maximum absolute atomic E-state index is 12.7. The minimum Gasteiger partial charge on any atom is -0.444 e. The van der Waals surface area contributed by atoms with Crippen molar-refractivity contribution < 1.29 is 14.3 Å². The predicted octanol–water partition coefficient (Wildman–Crippen LogP) is 7.67. The highest BCUT2D eigenvalue weighted by Gasteiger charge is 2.28. The van der Waals surface area contributed by atoms with E-state index < -0.39 is 5.60 Å². The van der Waals surface area contributed by atoms with Crippen LogP contribution in [0.15, 0.2) is 71.8 Å². The van der Waals surface area contributed by atoms with Crippen molar-refractivity contribution >= 4 is 39.8 Å². The van der Waals surface area contributed by atoms with Crippen LogP contribution in [0.5, 0.6) is 11.6 Å². The first-order valence-electron chi connectivity index (χ1n) is 15.1. The first-order chi connectivity index (χ1) is 21.7. The molecule has 0 radical (unpaired) electrons. The van der Waals surface area contributed by atoms with Gasteiger partial charge in [0.05, 0.1) is 29.0 Å². The van der Waals surface area contributed by atoms with Gasteiger partial charge in [0, 0.05) is 53.4 Å². The summed E-state index contributed by atoms with van der Waals surface area (Å²) in [6.07, 6.45) is 4.90. The number of carbonyl (C=O) groups is 1. The molecule has 5 aromatic rings. The van der Waals surface area contributed by atoms with Gasteiger partial charge in [0.1, 0.15) is 11.4 Å². The molecule has 2 aromatic carbocycles. The lowest BCUT2D eigenvalue weighted by atomic mass is 10.0. The Balaban J connectivity index is 1.22. The van der Waals surface area contributed by atoms with Crippen LogP contribution < -0.4 is 15.4 Å². The van der Waals surface area contributed by atoms with Crippen LogP contribution in [0.1, 0.15) is 44.9 Å². The highest BCUT2D eigenvalue weighted by Crippen LogP contribution is 2.38.